The van der Waals surface area contributed by atoms with E-state index in [1.54, 1.807) is 12.1 Å². The number of esters is 1. The Morgan fingerprint density at radius 2 is 1.81 bits per heavy atom. The smallest absolute Gasteiger partial charge is 0.351 e. The third-order valence-electron chi connectivity index (χ3n) is 3.70. The van der Waals surface area contributed by atoms with Crippen molar-refractivity contribution in [2.24, 2.45) is 0 Å². The zero-order valence-corrected chi connectivity index (χ0v) is 16.1. The van der Waals surface area contributed by atoms with Crippen LogP contribution in [0.1, 0.15) is 20.2 Å². The van der Waals surface area contributed by atoms with Crippen LogP contribution in [0.3, 0.4) is 0 Å². The van der Waals surface area contributed by atoms with Gasteiger partial charge >= 0.3 is 5.97 Å². The maximum absolute atomic E-state index is 12.4. The summed E-state index contributed by atoms with van der Waals surface area (Å²) >= 11 is 7.08. The number of ether oxygens (including phenoxy) is 1. The van der Waals surface area contributed by atoms with E-state index in [1.165, 1.54) is 11.3 Å². The van der Waals surface area contributed by atoms with E-state index < -0.39 is 5.97 Å². The molecule has 0 aliphatic rings. The van der Waals surface area contributed by atoms with Crippen LogP contribution in [0.5, 0.6) is 0 Å². The van der Waals surface area contributed by atoms with E-state index in [2.05, 4.69) is 10.3 Å². The summed E-state index contributed by atoms with van der Waals surface area (Å²) in [4.78, 5) is 29.2. The third-order valence-corrected chi connectivity index (χ3v) is 4.91. The number of nitrogens with zero attached hydrogens (tertiary/aromatic N) is 1. The van der Waals surface area contributed by atoms with Gasteiger partial charge in [-0.15, -0.1) is 11.3 Å². The van der Waals surface area contributed by atoms with E-state index in [9.17, 15) is 9.59 Å². The molecule has 0 unspecified atom stereocenters. The quantitative estimate of drug-likeness (QED) is 0.628. The first-order valence-corrected chi connectivity index (χ1v) is 9.43. The molecule has 0 saturated heterocycles. The first-order valence-electron chi connectivity index (χ1n) is 8.24. The number of carbonyl (C=O) groups excluding carboxylic acids is 2. The number of hydrogen-bond acceptors (Lipinski definition) is 5. The average molecular weight is 401 g/mol. The number of nitrogens with one attached hydrogen (secondary N) is 1. The summed E-state index contributed by atoms with van der Waals surface area (Å²) < 4.78 is 5.17. The van der Waals surface area contributed by atoms with E-state index in [-0.39, 0.29) is 12.5 Å². The van der Waals surface area contributed by atoms with Crippen molar-refractivity contribution in [3.05, 3.63) is 75.1 Å². The summed E-state index contributed by atoms with van der Waals surface area (Å²) in [7, 11) is 0. The molecule has 5 nitrogen and oxygen atoms in total. The lowest BCUT2D eigenvalue weighted by atomic mass is 10.1. The Morgan fingerprint density at radius 3 is 2.52 bits per heavy atom. The van der Waals surface area contributed by atoms with Gasteiger partial charge in [-0.3, -0.25) is 4.79 Å². The Morgan fingerprint density at radius 1 is 1.11 bits per heavy atom. The highest BCUT2D eigenvalue weighted by Crippen LogP contribution is 2.28. The molecular formula is C20H17ClN2O3S. The van der Waals surface area contributed by atoms with Crippen LogP contribution in [-0.4, -0.2) is 23.5 Å². The Balaban J connectivity index is 1.58. The van der Waals surface area contributed by atoms with Crippen LogP contribution in [0.15, 0.2) is 54.6 Å². The Bertz CT molecular complexity index is 940. The van der Waals surface area contributed by atoms with Crippen molar-refractivity contribution < 1.29 is 14.3 Å². The van der Waals surface area contributed by atoms with Crippen molar-refractivity contribution in [3.63, 3.8) is 0 Å². The molecule has 0 atom stereocenters. The van der Waals surface area contributed by atoms with Gasteiger partial charge in [0.15, 0.2) is 6.61 Å². The number of benzene rings is 2. The van der Waals surface area contributed by atoms with E-state index >= 15 is 0 Å². The van der Waals surface area contributed by atoms with Crippen LogP contribution in [-0.2, 0) is 16.1 Å². The largest absolute Gasteiger partial charge is 0.451 e. The number of halogens is 1. The summed E-state index contributed by atoms with van der Waals surface area (Å²) in [5.41, 5.74) is 2.31. The second-order valence-electron chi connectivity index (χ2n) is 5.76. The topological polar surface area (TPSA) is 68.3 Å². The average Bonchev–Trinajstić information content (AvgIpc) is 3.08. The van der Waals surface area contributed by atoms with Crippen LogP contribution < -0.4 is 5.32 Å². The van der Waals surface area contributed by atoms with Crippen molar-refractivity contribution >= 4 is 34.8 Å². The van der Waals surface area contributed by atoms with Crippen molar-refractivity contribution in [2.45, 2.75) is 13.5 Å². The SMILES string of the molecule is Cc1nc(-c2ccccc2)c(C(=O)OCC(=O)NCc2ccc(Cl)cc2)s1. The fraction of sp³-hybridized carbons (Fsp3) is 0.150. The molecule has 0 radical (unpaired) electrons. The molecule has 0 fully saturated rings. The van der Waals surface area contributed by atoms with Crippen molar-refractivity contribution in [2.75, 3.05) is 6.61 Å². The second kappa shape index (κ2) is 8.79. The molecule has 27 heavy (non-hydrogen) atoms. The van der Waals surface area contributed by atoms with Crippen molar-refractivity contribution in [1.82, 2.24) is 10.3 Å². The van der Waals surface area contributed by atoms with Crippen LogP contribution in [0.25, 0.3) is 11.3 Å². The molecule has 2 aromatic carbocycles. The molecule has 0 saturated carbocycles. The number of amides is 1. The molecular weight excluding hydrogens is 384 g/mol. The number of carbonyl (C=O) groups is 2. The monoisotopic (exact) mass is 400 g/mol. The molecule has 7 heteroatoms. The molecule has 1 heterocycles. The lowest BCUT2D eigenvalue weighted by molar-refractivity contribution is -0.124. The number of aromatic nitrogens is 1. The first kappa shape index (κ1) is 19.1. The predicted octanol–water partition coefficient (Wildman–Crippen LogP) is 4.25. The fourth-order valence-electron chi connectivity index (χ4n) is 2.41. The zero-order chi connectivity index (χ0) is 19.2. The first-order chi connectivity index (χ1) is 13.0. The zero-order valence-electron chi connectivity index (χ0n) is 14.6. The second-order valence-corrected chi connectivity index (χ2v) is 7.40. The minimum atomic E-state index is -0.555. The van der Waals surface area contributed by atoms with Crippen LogP contribution in [0.2, 0.25) is 5.02 Å². The van der Waals surface area contributed by atoms with Crippen LogP contribution in [0.4, 0.5) is 0 Å². The van der Waals surface area contributed by atoms with Crippen LogP contribution >= 0.6 is 22.9 Å². The van der Waals surface area contributed by atoms with Gasteiger partial charge in [0.2, 0.25) is 0 Å². The Kier molecular flexibility index (Phi) is 6.21. The van der Waals surface area contributed by atoms with Gasteiger partial charge in [0.1, 0.15) is 4.88 Å². The summed E-state index contributed by atoms with van der Waals surface area (Å²) in [6.45, 7) is 1.81. The number of aryl methyl sites for hydroxylation is 1. The molecule has 0 aliphatic carbocycles. The molecule has 0 spiro atoms. The van der Waals surface area contributed by atoms with Gasteiger partial charge in [-0.2, -0.15) is 0 Å². The normalized spacial score (nSPS) is 10.4. The van der Waals surface area contributed by atoms with Crippen LogP contribution in [0, 0.1) is 6.92 Å². The molecule has 0 bridgehead atoms. The Hall–Kier alpha value is -2.70. The minimum absolute atomic E-state index is 0.336. The highest BCUT2D eigenvalue weighted by molar-refractivity contribution is 7.14. The van der Waals surface area contributed by atoms with Gasteiger partial charge in [-0.25, -0.2) is 9.78 Å². The summed E-state index contributed by atoms with van der Waals surface area (Å²) in [5.74, 6) is -0.929. The van der Waals surface area contributed by atoms with Gasteiger partial charge in [0.05, 0.1) is 10.7 Å². The number of rotatable bonds is 6. The predicted molar refractivity (Wildman–Crippen MR) is 106 cm³/mol. The highest BCUT2D eigenvalue weighted by atomic mass is 35.5. The van der Waals surface area contributed by atoms with Crippen molar-refractivity contribution in [3.8, 4) is 11.3 Å². The molecule has 0 aliphatic heterocycles. The molecule has 3 aromatic rings. The summed E-state index contributed by atoms with van der Waals surface area (Å²) in [6, 6.07) is 16.6. The maximum Gasteiger partial charge on any atom is 0.351 e. The molecule has 1 amide bonds. The number of hydrogen-bond donors (Lipinski definition) is 1. The third kappa shape index (κ3) is 5.15. The van der Waals surface area contributed by atoms with Gasteiger partial charge < -0.3 is 10.1 Å². The lowest BCUT2D eigenvalue weighted by Crippen LogP contribution is -2.28. The summed E-state index contributed by atoms with van der Waals surface area (Å²) in [5, 5.41) is 4.10. The molecule has 1 aromatic heterocycles. The molecule has 3 rings (SSSR count). The standard InChI is InChI=1S/C20H17ClN2O3S/c1-13-23-18(15-5-3-2-4-6-15)19(27-13)20(25)26-12-17(24)22-11-14-7-9-16(21)10-8-14/h2-10H,11-12H2,1H3,(H,22,24). The Labute approximate surface area is 166 Å². The van der Waals surface area contributed by atoms with Gasteiger partial charge in [-0.1, -0.05) is 54.1 Å². The highest BCUT2D eigenvalue weighted by Gasteiger charge is 2.20. The van der Waals surface area contributed by atoms with Gasteiger partial charge in [0, 0.05) is 17.1 Å². The van der Waals surface area contributed by atoms with Crippen molar-refractivity contribution in [1.29, 1.82) is 0 Å². The fourth-order valence-corrected chi connectivity index (χ4v) is 3.37. The maximum atomic E-state index is 12.4. The van der Waals surface area contributed by atoms with E-state index in [0.717, 1.165) is 16.1 Å². The van der Waals surface area contributed by atoms with Gasteiger partial charge in [0.25, 0.3) is 5.91 Å². The lowest BCUT2D eigenvalue weighted by Gasteiger charge is -2.07. The summed E-state index contributed by atoms with van der Waals surface area (Å²) in [6.07, 6.45) is 0. The van der Waals surface area contributed by atoms with Gasteiger partial charge in [-0.05, 0) is 24.6 Å². The molecule has 1 N–H and O–H groups in total. The van der Waals surface area contributed by atoms with E-state index in [0.29, 0.717) is 22.1 Å². The van der Waals surface area contributed by atoms with E-state index in [4.69, 9.17) is 16.3 Å². The molecule has 138 valence electrons. The minimum Gasteiger partial charge on any atom is -0.451 e. The van der Waals surface area contributed by atoms with E-state index in [1.807, 2.05) is 49.4 Å². The number of thiazole rings is 1.